The SMILES string of the molecule is CCC(C)[C@H](N)c1cc(OC(F)(F)F)ccc1O.Cl. The molecule has 0 bridgehead atoms. The van der Waals surface area contributed by atoms with Crippen molar-refractivity contribution in [2.45, 2.75) is 32.7 Å². The summed E-state index contributed by atoms with van der Waals surface area (Å²) in [6, 6.07) is 2.79. The van der Waals surface area contributed by atoms with E-state index in [-0.39, 0.29) is 35.4 Å². The van der Waals surface area contributed by atoms with Crippen molar-refractivity contribution in [2.75, 3.05) is 0 Å². The lowest BCUT2D eigenvalue weighted by atomic mass is 9.92. The number of ether oxygens (including phenoxy) is 1. The van der Waals surface area contributed by atoms with Gasteiger partial charge in [0.1, 0.15) is 11.5 Å². The Labute approximate surface area is 116 Å². The van der Waals surface area contributed by atoms with Gasteiger partial charge in [0.05, 0.1) is 0 Å². The first-order valence-electron chi connectivity index (χ1n) is 5.58. The third-order valence-corrected chi connectivity index (χ3v) is 2.85. The fourth-order valence-corrected chi connectivity index (χ4v) is 1.56. The molecule has 0 aliphatic rings. The molecule has 0 saturated carbocycles. The van der Waals surface area contributed by atoms with Crippen molar-refractivity contribution in [3.05, 3.63) is 23.8 Å². The number of halogens is 4. The summed E-state index contributed by atoms with van der Waals surface area (Å²) < 4.78 is 40.0. The molecule has 0 aromatic heterocycles. The number of hydrogen-bond donors (Lipinski definition) is 2. The average Bonchev–Trinajstić information content (AvgIpc) is 2.28. The van der Waals surface area contributed by atoms with Crippen molar-refractivity contribution < 1.29 is 23.0 Å². The van der Waals surface area contributed by atoms with Crippen molar-refractivity contribution in [1.29, 1.82) is 0 Å². The molecule has 7 heteroatoms. The second kappa shape index (κ2) is 6.86. The molecule has 0 fully saturated rings. The minimum Gasteiger partial charge on any atom is -0.508 e. The molecule has 1 aromatic rings. The Balaban J connectivity index is 0.00000324. The minimum absolute atomic E-state index is 0. The second-order valence-electron chi connectivity index (χ2n) is 4.18. The van der Waals surface area contributed by atoms with E-state index >= 15 is 0 Å². The van der Waals surface area contributed by atoms with Gasteiger partial charge in [-0.05, 0) is 24.1 Å². The number of rotatable bonds is 4. The van der Waals surface area contributed by atoms with Crippen LogP contribution in [0, 0.1) is 5.92 Å². The zero-order valence-electron chi connectivity index (χ0n) is 10.6. The molecule has 3 N–H and O–H groups in total. The van der Waals surface area contributed by atoms with Gasteiger partial charge in [-0.15, -0.1) is 25.6 Å². The van der Waals surface area contributed by atoms with Crippen LogP contribution in [-0.4, -0.2) is 11.5 Å². The van der Waals surface area contributed by atoms with Crippen molar-refractivity contribution in [2.24, 2.45) is 11.7 Å². The normalized spacial score (nSPS) is 14.4. The highest BCUT2D eigenvalue weighted by Crippen LogP contribution is 2.33. The van der Waals surface area contributed by atoms with E-state index in [1.165, 1.54) is 0 Å². The van der Waals surface area contributed by atoms with E-state index < -0.39 is 12.4 Å². The summed E-state index contributed by atoms with van der Waals surface area (Å²) in [6.45, 7) is 3.78. The summed E-state index contributed by atoms with van der Waals surface area (Å²) in [6.07, 6.45) is -4.00. The van der Waals surface area contributed by atoms with Crippen LogP contribution in [0.4, 0.5) is 13.2 Å². The predicted molar refractivity (Wildman–Crippen MR) is 68.4 cm³/mol. The fourth-order valence-electron chi connectivity index (χ4n) is 1.56. The van der Waals surface area contributed by atoms with Crippen molar-refractivity contribution >= 4 is 12.4 Å². The number of nitrogens with two attached hydrogens (primary N) is 1. The average molecular weight is 300 g/mol. The van der Waals surface area contributed by atoms with Gasteiger partial charge in [-0.1, -0.05) is 20.3 Å². The number of hydrogen-bond acceptors (Lipinski definition) is 3. The molecule has 110 valence electrons. The lowest BCUT2D eigenvalue weighted by Gasteiger charge is -2.20. The number of aromatic hydroxyl groups is 1. The van der Waals surface area contributed by atoms with E-state index in [4.69, 9.17) is 5.73 Å². The minimum atomic E-state index is -4.76. The highest BCUT2D eigenvalue weighted by molar-refractivity contribution is 5.85. The Morgan fingerprint density at radius 3 is 2.42 bits per heavy atom. The third kappa shape index (κ3) is 5.16. The quantitative estimate of drug-likeness (QED) is 0.890. The van der Waals surface area contributed by atoms with Gasteiger partial charge in [0, 0.05) is 11.6 Å². The maximum absolute atomic E-state index is 12.1. The molecule has 0 aliphatic carbocycles. The maximum atomic E-state index is 12.1. The van der Waals surface area contributed by atoms with Gasteiger partial charge in [-0.2, -0.15) is 0 Å². The number of alkyl halides is 3. The van der Waals surface area contributed by atoms with Gasteiger partial charge in [0.25, 0.3) is 0 Å². The van der Waals surface area contributed by atoms with Crippen LogP contribution >= 0.6 is 12.4 Å². The summed E-state index contributed by atoms with van der Waals surface area (Å²) in [7, 11) is 0. The molecule has 2 atom stereocenters. The summed E-state index contributed by atoms with van der Waals surface area (Å²) >= 11 is 0. The summed E-state index contributed by atoms with van der Waals surface area (Å²) in [5.41, 5.74) is 6.14. The first-order valence-corrected chi connectivity index (χ1v) is 5.58. The number of benzene rings is 1. The molecular weight excluding hydrogens is 283 g/mol. The Morgan fingerprint density at radius 2 is 1.95 bits per heavy atom. The molecule has 0 aliphatic heterocycles. The van der Waals surface area contributed by atoms with Crippen LogP contribution < -0.4 is 10.5 Å². The first-order chi connectivity index (χ1) is 8.24. The largest absolute Gasteiger partial charge is 0.573 e. The van der Waals surface area contributed by atoms with Crippen molar-refractivity contribution in [3.63, 3.8) is 0 Å². The van der Waals surface area contributed by atoms with Gasteiger partial charge in [0.2, 0.25) is 0 Å². The highest BCUT2D eigenvalue weighted by atomic mass is 35.5. The van der Waals surface area contributed by atoms with E-state index in [1.54, 1.807) is 0 Å². The smallest absolute Gasteiger partial charge is 0.508 e. The Bertz CT molecular complexity index is 412. The molecule has 3 nitrogen and oxygen atoms in total. The highest BCUT2D eigenvalue weighted by Gasteiger charge is 2.31. The first kappa shape index (κ1) is 17.9. The van der Waals surface area contributed by atoms with Crippen LogP contribution in [0.15, 0.2) is 18.2 Å². The molecule has 0 spiro atoms. The van der Waals surface area contributed by atoms with E-state index in [2.05, 4.69) is 4.74 Å². The molecule has 0 saturated heterocycles. The van der Waals surface area contributed by atoms with Crippen LogP contribution in [0.5, 0.6) is 11.5 Å². The zero-order chi connectivity index (χ0) is 13.9. The molecule has 19 heavy (non-hydrogen) atoms. The Hall–Kier alpha value is -1.14. The molecule has 1 rings (SSSR count). The molecule has 1 unspecified atom stereocenters. The van der Waals surface area contributed by atoms with Gasteiger partial charge in [-0.3, -0.25) is 0 Å². The molecule has 1 aromatic carbocycles. The lowest BCUT2D eigenvalue weighted by molar-refractivity contribution is -0.274. The maximum Gasteiger partial charge on any atom is 0.573 e. The Kier molecular flexibility index (Phi) is 6.45. The predicted octanol–water partition coefficient (Wildman–Crippen LogP) is 3.76. The summed E-state index contributed by atoms with van der Waals surface area (Å²) in [4.78, 5) is 0. The summed E-state index contributed by atoms with van der Waals surface area (Å²) in [5, 5.41) is 9.63. The molecule has 0 radical (unpaired) electrons. The lowest BCUT2D eigenvalue weighted by Crippen LogP contribution is -2.20. The van der Waals surface area contributed by atoms with Crippen molar-refractivity contribution in [1.82, 2.24) is 0 Å². The standard InChI is InChI=1S/C12H16F3NO2.ClH/c1-3-7(2)11(16)9-6-8(4-5-10(9)17)18-12(13,14)15;/h4-7,11,17H,3,16H2,1-2H3;1H/t7?,11-;/m0./s1. The van der Waals surface area contributed by atoms with Crippen LogP contribution in [0.2, 0.25) is 0 Å². The third-order valence-electron chi connectivity index (χ3n) is 2.85. The van der Waals surface area contributed by atoms with Gasteiger partial charge < -0.3 is 15.6 Å². The van der Waals surface area contributed by atoms with Gasteiger partial charge in [-0.25, -0.2) is 0 Å². The van der Waals surface area contributed by atoms with Gasteiger partial charge >= 0.3 is 6.36 Å². The van der Waals surface area contributed by atoms with Crippen LogP contribution in [0.1, 0.15) is 31.9 Å². The molecular formula is C12H17ClF3NO2. The number of phenolic OH excluding ortho intramolecular Hbond substituents is 1. The van der Waals surface area contributed by atoms with Crippen LogP contribution in [0.3, 0.4) is 0 Å². The van der Waals surface area contributed by atoms with E-state index in [0.29, 0.717) is 0 Å². The van der Waals surface area contributed by atoms with E-state index in [9.17, 15) is 18.3 Å². The van der Waals surface area contributed by atoms with Crippen molar-refractivity contribution in [3.8, 4) is 11.5 Å². The molecule has 0 heterocycles. The fraction of sp³-hybridized carbons (Fsp3) is 0.500. The van der Waals surface area contributed by atoms with E-state index in [1.807, 2.05) is 13.8 Å². The summed E-state index contributed by atoms with van der Waals surface area (Å²) in [5.74, 6) is -0.469. The monoisotopic (exact) mass is 299 g/mol. The topological polar surface area (TPSA) is 55.5 Å². The molecule has 0 amide bonds. The number of phenols is 1. The Morgan fingerprint density at radius 1 is 1.37 bits per heavy atom. The van der Waals surface area contributed by atoms with Crippen LogP contribution in [-0.2, 0) is 0 Å². The van der Waals surface area contributed by atoms with Crippen LogP contribution in [0.25, 0.3) is 0 Å². The van der Waals surface area contributed by atoms with E-state index in [0.717, 1.165) is 24.6 Å². The second-order valence-corrected chi connectivity index (χ2v) is 4.18. The van der Waals surface area contributed by atoms with Gasteiger partial charge in [0.15, 0.2) is 0 Å². The zero-order valence-corrected chi connectivity index (χ0v) is 11.4.